The summed E-state index contributed by atoms with van der Waals surface area (Å²) in [6.45, 7) is 4.83. The smallest absolute Gasteiger partial charge is 0.269 e. The summed E-state index contributed by atoms with van der Waals surface area (Å²) < 4.78 is 0. The number of para-hydroxylation sites is 1. The van der Waals surface area contributed by atoms with Gasteiger partial charge in [0, 0.05) is 29.4 Å². The molecule has 0 N–H and O–H groups in total. The van der Waals surface area contributed by atoms with Crippen LogP contribution in [0.5, 0.6) is 0 Å². The number of anilines is 2. The van der Waals surface area contributed by atoms with Crippen LogP contribution in [0.25, 0.3) is 0 Å². The second-order valence-corrected chi connectivity index (χ2v) is 9.94. The van der Waals surface area contributed by atoms with Crippen molar-refractivity contribution < 1.29 is 9.59 Å². The Hall–Kier alpha value is -2.02. The number of fused-ring (bicyclic) bond motifs is 2. The minimum Gasteiger partial charge on any atom is -0.295 e. The summed E-state index contributed by atoms with van der Waals surface area (Å²) >= 11 is 7.49. The molecule has 2 aromatic rings. The van der Waals surface area contributed by atoms with Crippen molar-refractivity contribution >= 4 is 46.6 Å². The molecular formula is C23H24ClN3O2S. The van der Waals surface area contributed by atoms with Crippen molar-refractivity contribution in [1.29, 1.82) is 0 Å². The topological polar surface area (TPSA) is 43.9 Å². The molecule has 0 saturated carbocycles. The summed E-state index contributed by atoms with van der Waals surface area (Å²) in [5, 5.41) is 0.603. The Morgan fingerprint density at radius 2 is 1.77 bits per heavy atom. The van der Waals surface area contributed by atoms with Crippen LogP contribution in [0.2, 0.25) is 5.02 Å². The van der Waals surface area contributed by atoms with E-state index in [1.807, 2.05) is 41.3 Å². The predicted molar refractivity (Wildman–Crippen MR) is 122 cm³/mol. The number of hydrogen-bond acceptors (Lipinski definition) is 4. The molecule has 1 spiro atoms. The molecule has 5 nitrogen and oxygen atoms in total. The fraction of sp³-hybridized carbons (Fsp3) is 0.391. The SMILES string of the molecule is CC1CCN(CN2C(=O)[C@]3(SCC(=O)N3c3ccc(Cl)cc3)c3ccccc32)CC1. The fourth-order valence-electron chi connectivity index (χ4n) is 4.69. The lowest BCUT2D eigenvalue weighted by atomic mass is 10.00. The molecule has 30 heavy (non-hydrogen) atoms. The van der Waals surface area contributed by atoms with Gasteiger partial charge in [-0.25, -0.2) is 0 Å². The molecule has 0 aliphatic carbocycles. The van der Waals surface area contributed by atoms with Crippen molar-refractivity contribution in [1.82, 2.24) is 4.90 Å². The number of thioether (sulfide) groups is 1. The molecule has 3 heterocycles. The van der Waals surface area contributed by atoms with E-state index in [9.17, 15) is 9.59 Å². The molecule has 156 valence electrons. The number of amides is 2. The molecule has 2 fully saturated rings. The highest BCUT2D eigenvalue weighted by molar-refractivity contribution is 8.02. The summed E-state index contributed by atoms with van der Waals surface area (Å²) in [6, 6.07) is 15.1. The van der Waals surface area contributed by atoms with Crippen LogP contribution in [0.15, 0.2) is 48.5 Å². The van der Waals surface area contributed by atoms with Gasteiger partial charge in [0.15, 0.2) is 0 Å². The molecule has 3 aliphatic rings. The molecule has 0 unspecified atom stereocenters. The highest BCUT2D eigenvalue weighted by atomic mass is 35.5. The summed E-state index contributed by atoms with van der Waals surface area (Å²) in [7, 11) is 0. The molecule has 0 bridgehead atoms. The third-order valence-corrected chi connectivity index (χ3v) is 8.00. The van der Waals surface area contributed by atoms with Crippen LogP contribution >= 0.6 is 23.4 Å². The summed E-state index contributed by atoms with van der Waals surface area (Å²) in [6.07, 6.45) is 2.30. The molecule has 1 atom stereocenters. The first-order valence-electron chi connectivity index (χ1n) is 10.4. The maximum Gasteiger partial charge on any atom is 0.269 e. The highest BCUT2D eigenvalue weighted by Gasteiger charge is 2.61. The van der Waals surface area contributed by atoms with Gasteiger partial charge in [0.2, 0.25) is 10.8 Å². The van der Waals surface area contributed by atoms with Gasteiger partial charge >= 0.3 is 0 Å². The van der Waals surface area contributed by atoms with Crippen molar-refractivity contribution in [3.8, 4) is 0 Å². The Morgan fingerprint density at radius 1 is 1.07 bits per heavy atom. The zero-order chi connectivity index (χ0) is 20.9. The van der Waals surface area contributed by atoms with E-state index in [2.05, 4.69) is 11.8 Å². The third-order valence-electron chi connectivity index (χ3n) is 6.37. The normalized spacial score (nSPS) is 24.9. The van der Waals surface area contributed by atoms with E-state index in [1.165, 1.54) is 11.8 Å². The van der Waals surface area contributed by atoms with E-state index in [0.717, 1.165) is 43.1 Å². The number of benzene rings is 2. The minimum absolute atomic E-state index is 0.0341. The van der Waals surface area contributed by atoms with Crippen LogP contribution in [-0.2, 0) is 14.5 Å². The first-order chi connectivity index (χ1) is 14.5. The first kappa shape index (κ1) is 19.9. The van der Waals surface area contributed by atoms with E-state index in [1.54, 1.807) is 17.0 Å². The fourth-order valence-corrected chi connectivity index (χ4v) is 6.17. The molecule has 2 amide bonds. The maximum atomic E-state index is 14.0. The van der Waals surface area contributed by atoms with Crippen molar-refractivity contribution in [3.05, 3.63) is 59.1 Å². The van der Waals surface area contributed by atoms with Crippen LogP contribution in [0.1, 0.15) is 25.3 Å². The third kappa shape index (κ3) is 3.04. The lowest BCUT2D eigenvalue weighted by Crippen LogP contribution is -2.52. The zero-order valence-electron chi connectivity index (χ0n) is 16.9. The molecule has 3 aliphatic heterocycles. The van der Waals surface area contributed by atoms with Crippen molar-refractivity contribution in [3.63, 3.8) is 0 Å². The van der Waals surface area contributed by atoms with Crippen LogP contribution in [0, 0.1) is 5.92 Å². The molecule has 7 heteroatoms. The van der Waals surface area contributed by atoms with E-state index in [4.69, 9.17) is 11.6 Å². The summed E-state index contributed by atoms with van der Waals surface area (Å²) in [5.41, 5.74) is 2.50. The van der Waals surface area contributed by atoms with Gasteiger partial charge in [-0.1, -0.05) is 36.7 Å². The second kappa shape index (κ2) is 7.59. The monoisotopic (exact) mass is 441 g/mol. The van der Waals surface area contributed by atoms with Gasteiger partial charge in [-0.3, -0.25) is 24.3 Å². The molecule has 0 radical (unpaired) electrons. The van der Waals surface area contributed by atoms with Crippen LogP contribution < -0.4 is 9.80 Å². The number of carbonyl (C=O) groups excluding carboxylic acids is 2. The van der Waals surface area contributed by atoms with Gasteiger partial charge in [0.25, 0.3) is 5.91 Å². The van der Waals surface area contributed by atoms with E-state index < -0.39 is 4.87 Å². The van der Waals surface area contributed by atoms with Gasteiger partial charge in [0.05, 0.1) is 18.1 Å². The van der Waals surface area contributed by atoms with Crippen LogP contribution in [-0.4, -0.2) is 42.2 Å². The van der Waals surface area contributed by atoms with Gasteiger partial charge in [-0.2, -0.15) is 0 Å². The lowest BCUT2D eigenvalue weighted by Gasteiger charge is -2.35. The molecule has 0 aromatic heterocycles. The Bertz CT molecular complexity index is 990. The number of carbonyl (C=O) groups is 2. The van der Waals surface area contributed by atoms with Crippen LogP contribution in [0.4, 0.5) is 11.4 Å². The van der Waals surface area contributed by atoms with Crippen LogP contribution in [0.3, 0.4) is 0 Å². The standard InChI is InChI=1S/C23H24ClN3O2S/c1-16-10-12-25(13-11-16)15-26-20-5-3-2-4-19(20)23(22(26)29)27(21(28)14-30-23)18-8-6-17(24)7-9-18/h2-9,16H,10-15H2,1H3/t23-/m1/s1. The molecule has 2 aromatic carbocycles. The summed E-state index contributed by atoms with van der Waals surface area (Å²) in [4.78, 5) is 31.8. The average molecular weight is 442 g/mol. The van der Waals surface area contributed by atoms with Gasteiger partial charge in [0.1, 0.15) is 0 Å². The quantitative estimate of drug-likeness (QED) is 0.712. The number of likely N-dealkylation sites (tertiary alicyclic amines) is 1. The highest BCUT2D eigenvalue weighted by Crippen LogP contribution is 2.55. The zero-order valence-corrected chi connectivity index (χ0v) is 18.5. The summed E-state index contributed by atoms with van der Waals surface area (Å²) in [5.74, 6) is 0.919. The van der Waals surface area contributed by atoms with Gasteiger partial charge in [-0.05, 0) is 49.1 Å². The minimum atomic E-state index is -1.05. The number of rotatable bonds is 3. The average Bonchev–Trinajstić information content (AvgIpc) is 3.22. The van der Waals surface area contributed by atoms with Gasteiger partial charge < -0.3 is 0 Å². The van der Waals surface area contributed by atoms with E-state index >= 15 is 0 Å². The number of nitrogens with zero attached hydrogens (tertiary/aromatic N) is 3. The number of halogens is 1. The van der Waals surface area contributed by atoms with Gasteiger partial charge in [-0.15, -0.1) is 11.8 Å². The Kier molecular flexibility index (Phi) is 5.04. The number of hydrogen-bond donors (Lipinski definition) is 0. The Balaban J connectivity index is 1.55. The first-order valence-corrected chi connectivity index (χ1v) is 11.7. The maximum absolute atomic E-state index is 14.0. The number of piperidine rings is 1. The second-order valence-electron chi connectivity index (χ2n) is 8.33. The molecule has 5 rings (SSSR count). The Labute approximate surface area is 186 Å². The largest absolute Gasteiger partial charge is 0.295 e. The predicted octanol–water partition coefficient (Wildman–Crippen LogP) is 4.31. The van der Waals surface area contributed by atoms with Crippen molar-refractivity contribution in [2.75, 3.05) is 35.3 Å². The lowest BCUT2D eigenvalue weighted by molar-refractivity contribution is -0.124. The van der Waals surface area contributed by atoms with Crippen molar-refractivity contribution in [2.45, 2.75) is 24.6 Å². The Morgan fingerprint density at radius 3 is 2.50 bits per heavy atom. The molecule has 2 saturated heterocycles. The van der Waals surface area contributed by atoms with E-state index in [0.29, 0.717) is 17.4 Å². The molecular weight excluding hydrogens is 418 g/mol. The van der Waals surface area contributed by atoms with Crippen molar-refractivity contribution in [2.24, 2.45) is 5.92 Å². The van der Waals surface area contributed by atoms with E-state index in [-0.39, 0.29) is 17.6 Å².